The lowest BCUT2D eigenvalue weighted by Gasteiger charge is -2.35. The number of rotatable bonds is 1. The maximum absolute atomic E-state index is 6.32. The van der Waals surface area contributed by atoms with Crippen molar-refractivity contribution >= 4 is 11.6 Å². The lowest BCUT2D eigenvalue weighted by molar-refractivity contribution is 0.327. The van der Waals surface area contributed by atoms with Gasteiger partial charge in [-0.25, -0.2) is 0 Å². The Morgan fingerprint density at radius 2 is 2.20 bits per heavy atom. The molecule has 2 atom stereocenters. The zero-order valence-electron chi connectivity index (χ0n) is 8.80. The third kappa shape index (κ3) is 1.49. The van der Waals surface area contributed by atoms with Crippen LogP contribution in [0.1, 0.15) is 24.8 Å². The maximum atomic E-state index is 6.32. The number of nitrogens with one attached hydrogen (secondary N) is 1. The van der Waals surface area contributed by atoms with Crippen LogP contribution >= 0.6 is 11.6 Å². The third-order valence-electron chi connectivity index (χ3n) is 4.05. The van der Waals surface area contributed by atoms with Crippen molar-refractivity contribution in [2.45, 2.75) is 24.7 Å². The van der Waals surface area contributed by atoms with Crippen LogP contribution in [-0.2, 0) is 5.41 Å². The lowest BCUT2D eigenvalue weighted by atomic mass is 9.76. The molecule has 2 bridgehead atoms. The molecular weight excluding hydrogens is 206 g/mol. The topological polar surface area (TPSA) is 12.0 Å². The number of hydrogen-bond acceptors (Lipinski definition) is 1. The Morgan fingerprint density at radius 3 is 3.07 bits per heavy atom. The van der Waals surface area contributed by atoms with E-state index in [4.69, 9.17) is 11.6 Å². The second-order valence-electron chi connectivity index (χ2n) is 5.00. The molecule has 2 heteroatoms. The minimum absolute atomic E-state index is 0.335. The fourth-order valence-electron chi connectivity index (χ4n) is 3.32. The van der Waals surface area contributed by atoms with Crippen molar-refractivity contribution in [2.24, 2.45) is 5.92 Å². The Bertz CT molecular complexity index is 373. The zero-order valence-corrected chi connectivity index (χ0v) is 9.56. The molecule has 1 aliphatic carbocycles. The minimum Gasteiger partial charge on any atom is -0.316 e. The van der Waals surface area contributed by atoms with Crippen molar-refractivity contribution in [3.8, 4) is 0 Å². The fourth-order valence-corrected chi connectivity index (χ4v) is 3.65. The van der Waals surface area contributed by atoms with Gasteiger partial charge in [0.25, 0.3) is 0 Å². The molecule has 3 rings (SSSR count). The Balaban J connectivity index is 2.02. The smallest absolute Gasteiger partial charge is 0.0444 e. The number of fused-ring (bicyclic) bond motifs is 2. The molecule has 15 heavy (non-hydrogen) atoms. The highest BCUT2D eigenvalue weighted by Crippen LogP contribution is 2.47. The van der Waals surface area contributed by atoms with Gasteiger partial charge in [0.2, 0.25) is 0 Å². The summed E-state index contributed by atoms with van der Waals surface area (Å²) in [6, 6.07) is 8.36. The summed E-state index contributed by atoms with van der Waals surface area (Å²) in [7, 11) is 0. The molecule has 0 spiro atoms. The van der Waals surface area contributed by atoms with E-state index in [0.717, 1.165) is 17.5 Å². The van der Waals surface area contributed by atoms with E-state index in [2.05, 4.69) is 17.4 Å². The largest absolute Gasteiger partial charge is 0.316 e. The van der Waals surface area contributed by atoms with Crippen LogP contribution in [0.15, 0.2) is 24.3 Å². The SMILES string of the molecule is Clc1ccccc1C12CCC(CNC1)C2. The van der Waals surface area contributed by atoms with Gasteiger partial charge >= 0.3 is 0 Å². The highest BCUT2D eigenvalue weighted by Gasteiger charge is 2.43. The van der Waals surface area contributed by atoms with Gasteiger partial charge in [0.05, 0.1) is 0 Å². The molecule has 1 saturated heterocycles. The van der Waals surface area contributed by atoms with Crippen molar-refractivity contribution in [1.29, 1.82) is 0 Å². The molecule has 0 aromatic heterocycles. The quantitative estimate of drug-likeness (QED) is 0.769. The van der Waals surface area contributed by atoms with Crippen molar-refractivity contribution in [1.82, 2.24) is 5.32 Å². The molecule has 2 aliphatic rings. The summed E-state index contributed by atoms with van der Waals surface area (Å²) in [5.74, 6) is 0.870. The van der Waals surface area contributed by atoms with Crippen molar-refractivity contribution < 1.29 is 0 Å². The predicted octanol–water partition coefficient (Wildman–Crippen LogP) is 2.98. The zero-order chi connectivity index (χ0) is 10.3. The van der Waals surface area contributed by atoms with Crippen LogP contribution in [0.3, 0.4) is 0 Å². The van der Waals surface area contributed by atoms with Gasteiger partial charge in [-0.2, -0.15) is 0 Å². The third-order valence-corrected chi connectivity index (χ3v) is 4.38. The first kappa shape index (κ1) is 9.68. The highest BCUT2D eigenvalue weighted by atomic mass is 35.5. The normalized spacial score (nSPS) is 34.3. The Hall–Kier alpha value is -0.530. The highest BCUT2D eigenvalue weighted by molar-refractivity contribution is 6.31. The summed E-state index contributed by atoms with van der Waals surface area (Å²) in [4.78, 5) is 0. The van der Waals surface area contributed by atoms with Crippen molar-refractivity contribution in [3.05, 3.63) is 34.9 Å². The van der Waals surface area contributed by atoms with E-state index in [1.54, 1.807) is 0 Å². The Labute approximate surface area is 95.8 Å². The first-order chi connectivity index (χ1) is 7.30. The second kappa shape index (κ2) is 3.50. The molecule has 1 aromatic rings. The summed E-state index contributed by atoms with van der Waals surface area (Å²) in [6.07, 6.45) is 3.98. The number of hydrogen-bond donors (Lipinski definition) is 1. The van der Waals surface area contributed by atoms with E-state index in [9.17, 15) is 0 Å². The second-order valence-corrected chi connectivity index (χ2v) is 5.41. The van der Waals surface area contributed by atoms with Gasteiger partial charge in [0.15, 0.2) is 0 Å². The van der Waals surface area contributed by atoms with Gasteiger partial charge < -0.3 is 5.32 Å². The van der Waals surface area contributed by atoms with Crippen LogP contribution in [0.4, 0.5) is 0 Å². The molecule has 1 saturated carbocycles. The maximum Gasteiger partial charge on any atom is 0.0444 e. The van der Waals surface area contributed by atoms with Crippen LogP contribution in [0, 0.1) is 5.92 Å². The van der Waals surface area contributed by atoms with Crippen LogP contribution < -0.4 is 5.32 Å². The average molecular weight is 222 g/mol. The summed E-state index contributed by atoms with van der Waals surface area (Å²) in [5, 5.41) is 4.50. The van der Waals surface area contributed by atoms with Gasteiger partial charge in [-0.15, -0.1) is 0 Å². The van der Waals surface area contributed by atoms with E-state index in [1.165, 1.54) is 31.4 Å². The van der Waals surface area contributed by atoms with Crippen molar-refractivity contribution in [2.75, 3.05) is 13.1 Å². The molecule has 2 fully saturated rings. The van der Waals surface area contributed by atoms with E-state index in [0.29, 0.717) is 5.41 Å². The van der Waals surface area contributed by atoms with E-state index < -0.39 is 0 Å². The standard InChI is InChI=1S/C13H16ClN/c14-12-4-2-1-3-11(12)13-6-5-10(7-13)8-15-9-13/h1-4,10,15H,5-9H2. The van der Waals surface area contributed by atoms with E-state index in [-0.39, 0.29) is 0 Å². The van der Waals surface area contributed by atoms with E-state index in [1.807, 2.05) is 12.1 Å². The molecule has 0 radical (unpaired) electrons. The number of benzene rings is 1. The summed E-state index contributed by atoms with van der Waals surface area (Å²) >= 11 is 6.32. The van der Waals surface area contributed by atoms with Crippen LogP contribution in [-0.4, -0.2) is 13.1 Å². The lowest BCUT2D eigenvalue weighted by Crippen LogP contribution is -2.42. The van der Waals surface area contributed by atoms with Gasteiger partial charge in [0, 0.05) is 17.0 Å². The minimum atomic E-state index is 0.335. The van der Waals surface area contributed by atoms with Gasteiger partial charge in [-0.05, 0) is 43.4 Å². The van der Waals surface area contributed by atoms with Crippen molar-refractivity contribution in [3.63, 3.8) is 0 Å². The van der Waals surface area contributed by atoms with Gasteiger partial charge in [0.1, 0.15) is 0 Å². The molecule has 1 heterocycles. The summed E-state index contributed by atoms with van der Waals surface area (Å²) < 4.78 is 0. The Kier molecular flexibility index (Phi) is 2.26. The summed E-state index contributed by atoms with van der Waals surface area (Å²) in [5.41, 5.74) is 1.70. The van der Waals surface area contributed by atoms with Crippen LogP contribution in [0.25, 0.3) is 0 Å². The first-order valence-electron chi connectivity index (χ1n) is 5.76. The van der Waals surface area contributed by atoms with E-state index >= 15 is 0 Å². The van der Waals surface area contributed by atoms with Crippen LogP contribution in [0.2, 0.25) is 5.02 Å². The predicted molar refractivity (Wildman–Crippen MR) is 63.3 cm³/mol. The molecule has 80 valence electrons. The number of halogens is 1. The molecule has 1 N–H and O–H groups in total. The van der Waals surface area contributed by atoms with Crippen LogP contribution in [0.5, 0.6) is 0 Å². The molecule has 1 nitrogen and oxygen atoms in total. The number of piperidine rings is 1. The first-order valence-corrected chi connectivity index (χ1v) is 6.14. The molecular formula is C13H16ClN. The molecule has 1 aliphatic heterocycles. The summed E-state index contributed by atoms with van der Waals surface area (Å²) in [6.45, 7) is 2.30. The average Bonchev–Trinajstić information content (AvgIpc) is 2.56. The Morgan fingerprint density at radius 1 is 1.33 bits per heavy atom. The molecule has 0 amide bonds. The fraction of sp³-hybridized carbons (Fsp3) is 0.538. The molecule has 1 aromatic carbocycles. The molecule has 2 unspecified atom stereocenters. The monoisotopic (exact) mass is 221 g/mol. The van der Waals surface area contributed by atoms with Gasteiger partial charge in [-0.3, -0.25) is 0 Å². The van der Waals surface area contributed by atoms with Gasteiger partial charge in [-0.1, -0.05) is 29.8 Å².